The summed E-state index contributed by atoms with van der Waals surface area (Å²) in [6.07, 6.45) is 0.573. The van der Waals surface area contributed by atoms with E-state index in [1.165, 1.54) is 23.7 Å². The monoisotopic (exact) mass is 256 g/mol. The molecule has 1 atom stereocenters. The Kier molecular flexibility index (Phi) is 5.22. The lowest BCUT2D eigenvalue weighted by Crippen LogP contribution is -2.46. The number of rotatable bonds is 6. The zero-order valence-electron chi connectivity index (χ0n) is 10.9. The minimum absolute atomic E-state index is 0.252. The highest BCUT2D eigenvalue weighted by Crippen LogP contribution is 2.28. The van der Waals surface area contributed by atoms with Crippen molar-refractivity contribution in [3.63, 3.8) is 0 Å². The van der Waals surface area contributed by atoms with Gasteiger partial charge in [-0.15, -0.1) is 0 Å². The van der Waals surface area contributed by atoms with Crippen LogP contribution in [0, 0.1) is 0 Å². The van der Waals surface area contributed by atoms with E-state index in [0.717, 1.165) is 6.42 Å². The Balaban J connectivity index is 3.15. The second kappa shape index (κ2) is 5.99. The Labute approximate surface area is 105 Å². The molecule has 3 heteroatoms. The van der Waals surface area contributed by atoms with E-state index in [2.05, 4.69) is 39.1 Å². The van der Waals surface area contributed by atoms with Gasteiger partial charge in [0, 0.05) is 0 Å². The fourth-order valence-electron chi connectivity index (χ4n) is 2.46. The Morgan fingerprint density at radius 3 is 2.19 bits per heavy atom. The van der Waals surface area contributed by atoms with Crippen molar-refractivity contribution in [1.29, 1.82) is 0 Å². The molecule has 1 aromatic heterocycles. The van der Waals surface area contributed by atoms with E-state index in [9.17, 15) is 5.11 Å². The molecule has 1 N–H and O–H groups in total. The van der Waals surface area contributed by atoms with Crippen LogP contribution >= 0.6 is 11.3 Å². The van der Waals surface area contributed by atoms with Gasteiger partial charge < -0.3 is 5.11 Å². The van der Waals surface area contributed by atoms with Crippen LogP contribution in [0.1, 0.15) is 45.8 Å². The Hall–Kier alpha value is -0.123. The van der Waals surface area contributed by atoms with E-state index < -0.39 is 8.07 Å². The van der Waals surface area contributed by atoms with E-state index >= 15 is 0 Å². The van der Waals surface area contributed by atoms with Crippen LogP contribution in [0.15, 0.2) is 11.4 Å². The normalized spacial score (nSPS) is 14.1. The first-order valence-corrected chi connectivity index (χ1v) is 9.91. The van der Waals surface area contributed by atoms with Gasteiger partial charge in [-0.1, -0.05) is 45.8 Å². The molecule has 0 amide bonds. The molecule has 0 spiro atoms. The molecule has 0 bridgehead atoms. The lowest BCUT2D eigenvalue weighted by molar-refractivity contribution is 0.175. The average Bonchev–Trinajstić information content (AvgIpc) is 2.81. The van der Waals surface area contributed by atoms with Crippen molar-refractivity contribution in [1.82, 2.24) is 0 Å². The fourth-order valence-corrected chi connectivity index (χ4v) is 8.98. The maximum atomic E-state index is 10.1. The van der Waals surface area contributed by atoms with E-state index in [0.29, 0.717) is 0 Å². The van der Waals surface area contributed by atoms with Crippen molar-refractivity contribution in [3.05, 3.63) is 17.0 Å². The molecule has 0 saturated heterocycles. The molecule has 0 aliphatic rings. The van der Waals surface area contributed by atoms with Crippen LogP contribution in [0.4, 0.5) is 0 Å². The van der Waals surface area contributed by atoms with Crippen molar-refractivity contribution in [2.24, 2.45) is 0 Å². The first-order chi connectivity index (χ1) is 7.65. The Morgan fingerprint density at radius 2 is 1.75 bits per heavy atom. The van der Waals surface area contributed by atoms with Crippen LogP contribution in [0.5, 0.6) is 0 Å². The zero-order valence-corrected chi connectivity index (χ0v) is 12.7. The van der Waals surface area contributed by atoms with Crippen molar-refractivity contribution in [2.45, 2.75) is 58.4 Å². The summed E-state index contributed by atoms with van der Waals surface area (Å²) in [5, 5.41) is 12.2. The van der Waals surface area contributed by atoms with Gasteiger partial charge in [-0.05, 0) is 27.9 Å². The smallest absolute Gasteiger partial charge is 0.0992 e. The van der Waals surface area contributed by atoms with E-state index in [4.69, 9.17) is 0 Å². The highest BCUT2D eigenvalue weighted by Gasteiger charge is 2.33. The average molecular weight is 256 g/mol. The van der Waals surface area contributed by atoms with Crippen LogP contribution in [0.3, 0.4) is 0 Å². The van der Waals surface area contributed by atoms with Gasteiger partial charge in [0.15, 0.2) is 0 Å². The third-order valence-corrected chi connectivity index (χ3v) is 11.7. The molecule has 16 heavy (non-hydrogen) atoms. The number of hydrogen-bond donors (Lipinski definition) is 1. The number of thiophene rings is 1. The quantitative estimate of drug-likeness (QED) is 0.765. The fraction of sp³-hybridized carbons (Fsp3) is 0.692. The number of aliphatic hydroxyl groups excluding tert-OH is 1. The van der Waals surface area contributed by atoms with Crippen molar-refractivity contribution in [3.8, 4) is 0 Å². The minimum atomic E-state index is -1.31. The third kappa shape index (κ3) is 2.41. The topological polar surface area (TPSA) is 20.2 Å². The summed E-state index contributed by atoms with van der Waals surface area (Å²) in [5.41, 5.74) is 1.23. The molecule has 1 rings (SSSR count). The molecular weight excluding hydrogens is 232 g/mol. The first-order valence-electron chi connectivity index (χ1n) is 6.41. The zero-order chi connectivity index (χ0) is 12.2. The predicted octanol–water partition coefficient (Wildman–Crippen LogP) is 3.91. The number of aliphatic hydroxyl groups is 1. The van der Waals surface area contributed by atoms with Gasteiger partial charge in [0.2, 0.25) is 0 Å². The van der Waals surface area contributed by atoms with Gasteiger partial charge in [-0.2, -0.15) is 11.3 Å². The third-order valence-electron chi connectivity index (χ3n) is 3.95. The van der Waals surface area contributed by atoms with Gasteiger partial charge in [0.05, 0.1) is 14.2 Å². The van der Waals surface area contributed by atoms with Crippen molar-refractivity contribution in [2.75, 3.05) is 0 Å². The number of hydrogen-bond acceptors (Lipinski definition) is 2. The highest BCUT2D eigenvalue weighted by molar-refractivity contribution is 7.26. The van der Waals surface area contributed by atoms with E-state index in [1.54, 1.807) is 4.50 Å². The summed E-state index contributed by atoms with van der Waals surface area (Å²) in [4.78, 5) is 0. The van der Waals surface area contributed by atoms with Gasteiger partial charge in [-0.3, -0.25) is 0 Å². The molecule has 1 aromatic rings. The summed E-state index contributed by atoms with van der Waals surface area (Å²) in [5.74, 6) is 0. The SMILES string of the molecule is CCC(O)c1ccsc1[Si](CC)(CC)CC. The molecule has 0 radical (unpaired) electrons. The summed E-state index contributed by atoms with van der Waals surface area (Å²) in [6, 6.07) is 6.02. The lowest BCUT2D eigenvalue weighted by Gasteiger charge is -2.29. The second-order valence-electron chi connectivity index (χ2n) is 4.47. The molecule has 0 aliphatic heterocycles. The Bertz CT molecular complexity index is 309. The maximum absolute atomic E-state index is 10.1. The van der Waals surface area contributed by atoms with Gasteiger partial charge in [-0.25, -0.2) is 0 Å². The summed E-state index contributed by atoms with van der Waals surface area (Å²) >= 11 is 1.88. The van der Waals surface area contributed by atoms with Gasteiger partial charge >= 0.3 is 0 Å². The van der Waals surface area contributed by atoms with Crippen LogP contribution in [-0.2, 0) is 0 Å². The van der Waals surface area contributed by atoms with E-state index in [1.807, 2.05) is 11.3 Å². The van der Waals surface area contributed by atoms with Gasteiger partial charge in [0.25, 0.3) is 0 Å². The lowest BCUT2D eigenvalue weighted by atomic mass is 10.1. The van der Waals surface area contributed by atoms with Crippen LogP contribution < -0.4 is 4.50 Å². The Morgan fingerprint density at radius 1 is 1.19 bits per heavy atom. The van der Waals surface area contributed by atoms with Crippen molar-refractivity contribution < 1.29 is 5.11 Å². The first kappa shape index (κ1) is 13.9. The maximum Gasteiger partial charge on any atom is 0.0992 e. The van der Waals surface area contributed by atoms with Gasteiger partial charge in [0.1, 0.15) is 0 Å². The second-order valence-corrected chi connectivity index (χ2v) is 10.9. The molecule has 0 saturated carbocycles. The van der Waals surface area contributed by atoms with Crippen molar-refractivity contribution >= 4 is 23.9 Å². The molecule has 1 nitrogen and oxygen atoms in total. The summed E-state index contributed by atoms with van der Waals surface area (Å²) in [7, 11) is -1.31. The summed E-state index contributed by atoms with van der Waals surface area (Å²) in [6.45, 7) is 9.02. The van der Waals surface area contributed by atoms with Crippen LogP contribution in [0.25, 0.3) is 0 Å². The highest BCUT2D eigenvalue weighted by atomic mass is 32.1. The van der Waals surface area contributed by atoms with Crippen LogP contribution in [0.2, 0.25) is 18.1 Å². The molecular formula is C13H24OSSi. The molecule has 1 heterocycles. The standard InChI is InChI=1S/C13H24OSSi/c1-5-12(14)11-9-10-15-13(11)16(6-2,7-3)8-4/h9-10,12,14H,5-8H2,1-4H3. The predicted molar refractivity (Wildman–Crippen MR) is 76.4 cm³/mol. The molecule has 0 aromatic carbocycles. The summed E-state index contributed by atoms with van der Waals surface area (Å²) < 4.78 is 1.55. The molecule has 92 valence electrons. The van der Waals surface area contributed by atoms with E-state index in [-0.39, 0.29) is 6.10 Å². The molecule has 1 unspecified atom stereocenters. The molecule has 0 fully saturated rings. The molecule has 0 aliphatic carbocycles. The van der Waals surface area contributed by atoms with Crippen LogP contribution in [-0.4, -0.2) is 13.2 Å². The minimum Gasteiger partial charge on any atom is -0.388 e. The largest absolute Gasteiger partial charge is 0.388 e.